The zero-order chi connectivity index (χ0) is 18.2. The lowest BCUT2D eigenvalue weighted by atomic mass is 10.2. The maximum absolute atomic E-state index is 13.3. The van der Waals surface area contributed by atoms with Gasteiger partial charge in [0, 0.05) is 20.1 Å². The first-order valence-electron chi connectivity index (χ1n) is 7.71. The molecule has 0 aliphatic rings. The molecular weight excluding hydrogens is 345 g/mol. The molecule has 1 aromatic heterocycles. The predicted octanol–water partition coefficient (Wildman–Crippen LogP) is 1.77. The van der Waals surface area contributed by atoms with Crippen LogP contribution in [-0.2, 0) is 23.6 Å². The lowest BCUT2D eigenvalue weighted by molar-refractivity contribution is 0.570. The number of aryl methyl sites for hydroxylation is 2. The molecule has 8 heteroatoms. The predicted molar refractivity (Wildman–Crippen MR) is 93.5 cm³/mol. The van der Waals surface area contributed by atoms with Gasteiger partial charge in [-0.25, -0.2) is 22.3 Å². The fourth-order valence-electron chi connectivity index (χ4n) is 2.74. The number of sulfonamides is 1. The molecule has 0 saturated heterocycles. The number of hydrogen-bond donors (Lipinski definition) is 1. The van der Waals surface area contributed by atoms with Crippen molar-refractivity contribution >= 4 is 21.1 Å². The zero-order valence-corrected chi connectivity index (χ0v) is 14.7. The lowest BCUT2D eigenvalue weighted by Crippen LogP contribution is -2.31. The van der Waals surface area contributed by atoms with Crippen LogP contribution in [0, 0.1) is 12.7 Å². The van der Waals surface area contributed by atoms with E-state index in [1.165, 1.54) is 28.2 Å². The number of para-hydroxylation sites is 2. The van der Waals surface area contributed by atoms with Gasteiger partial charge in [0.25, 0.3) is 0 Å². The zero-order valence-electron chi connectivity index (χ0n) is 13.9. The molecule has 0 bridgehead atoms. The van der Waals surface area contributed by atoms with Crippen LogP contribution in [0.4, 0.5) is 4.39 Å². The second-order valence-corrected chi connectivity index (χ2v) is 7.56. The first kappa shape index (κ1) is 17.4. The Balaban J connectivity index is 1.80. The highest BCUT2D eigenvalue weighted by molar-refractivity contribution is 7.89. The number of halogens is 1. The van der Waals surface area contributed by atoms with Crippen molar-refractivity contribution in [3.8, 4) is 0 Å². The first-order chi connectivity index (χ1) is 11.8. The van der Waals surface area contributed by atoms with Crippen LogP contribution in [0.1, 0.15) is 5.56 Å². The Labute approximate surface area is 144 Å². The summed E-state index contributed by atoms with van der Waals surface area (Å²) >= 11 is 0. The van der Waals surface area contributed by atoms with Gasteiger partial charge in [0.1, 0.15) is 5.82 Å². The van der Waals surface area contributed by atoms with E-state index >= 15 is 0 Å². The standard InChI is InChI=1S/C17H18FN3O3S/c1-12-11-13(7-8-14(12)18)25(23,24)19-9-10-21-16-6-4-3-5-15(16)20(2)17(21)22/h3-8,11,19H,9-10H2,1-2H3. The molecule has 2 aromatic carbocycles. The molecule has 1 N–H and O–H groups in total. The van der Waals surface area contributed by atoms with E-state index in [0.29, 0.717) is 0 Å². The van der Waals surface area contributed by atoms with Gasteiger partial charge in [-0.05, 0) is 42.8 Å². The van der Waals surface area contributed by atoms with E-state index in [2.05, 4.69) is 4.72 Å². The van der Waals surface area contributed by atoms with Gasteiger partial charge in [-0.1, -0.05) is 12.1 Å². The molecule has 0 unspecified atom stereocenters. The maximum atomic E-state index is 13.3. The normalized spacial score (nSPS) is 12.0. The summed E-state index contributed by atoms with van der Waals surface area (Å²) in [6, 6.07) is 10.9. The van der Waals surface area contributed by atoms with Gasteiger partial charge in [-0.2, -0.15) is 0 Å². The largest absolute Gasteiger partial charge is 0.328 e. The molecule has 0 atom stereocenters. The highest BCUT2D eigenvalue weighted by atomic mass is 32.2. The van der Waals surface area contributed by atoms with Crippen LogP contribution in [0.25, 0.3) is 11.0 Å². The summed E-state index contributed by atoms with van der Waals surface area (Å²) in [5, 5.41) is 0. The highest BCUT2D eigenvalue weighted by Crippen LogP contribution is 2.14. The molecule has 0 spiro atoms. The summed E-state index contributed by atoms with van der Waals surface area (Å²) < 4.78 is 43.4. The van der Waals surface area contributed by atoms with E-state index in [4.69, 9.17) is 0 Å². The Morgan fingerprint density at radius 1 is 1.12 bits per heavy atom. The summed E-state index contributed by atoms with van der Waals surface area (Å²) in [7, 11) is -2.09. The maximum Gasteiger partial charge on any atom is 0.328 e. The van der Waals surface area contributed by atoms with E-state index in [9.17, 15) is 17.6 Å². The van der Waals surface area contributed by atoms with Crippen molar-refractivity contribution in [1.29, 1.82) is 0 Å². The molecule has 0 amide bonds. The fraction of sp³-hybridized carbons (Fsp3) is 0.235. The van der Waals surface area contributed by atoms with Crippen molar-refractivity contribution in [3.05, 3.63) is 64.3 Å². The minimum atomic E-state index is -3.77. The summed E-state index contributed by atoms with van der Waals surface area (Å²) in [5.74, 6) is -0.457. The average Bonchev–Trinajstić information content (AvgIpc) is 2.82. The third-order valence-corrected chi connectivity index (χ3v) is 5.58. The van der Waals surface area contributed by atoms with Gasteiger partial charge < -0.3 is 0 Å². The minimum Gasteiger partial charge on any atom is -0.295 e. The molecule has 0 aliphatic heterocycles. The third kappa shape index (κ3) is 3.22. The van der Waals surface area contributed by atoms with Gasteiger partial charge >= 0.3 is 5.69 Å². The molecule has 3 rings (SSSR count). The monoisotopic (exact) mass is 363 g/mol. The second kappa shape index (κ2) is 6.45. The van der Waals surface area contributed by atoms with Gasteiger partial charge in [-0.3, -0.25) is 9.13 Å². The first-order valence-corrected chi connectivity index (χ1v) is 9.19. The van der Waals surface area contributed by atoms with Crippen molar-refractivity contribution in [1.82, 2.24) is 13.9 Å². The van der Waals surface area contributed by atoms with E-state index in [1.807, 2.05) is 24.3 Å². The summed E-state index contributed by atoms with van der Waals surface area (Å²) in [5.41, 5.74) is 1.57. The summed E-state index contributed by atoms with van der Waals surface area (Å²) in [4.78, 5) is 12.3. The SMILES string of the molecule is Cc1cc(S(=O)(=O)NCCn2c(=O)n(C)c3ccccc32)ccc1F. The van der Waals surface area contributed by atoms with E-state index < -0.39 is 15.8 Å². The smallest absolute Gasteiger partial charge is 0.295 e. The Kier molecular flexibility index (Phi) is 4.49. The third-order valence-electron chi connectivity index (χ3n) is 4.12. The Bertz CT molecular complexity index is 1100. The highest BCUT2D eigenvalue weighted by Gasteiger charge is 2.16. The number of aromatic nitrogens is 2. The number of rotatable bonds is 5. The summed E-state index contributed by atoms with van der Waals surface area (Å²) in [6.07, 6.45) is 0. The van der Waals surface area contributed by atoms with Crippen LogP contribution in [0.15, 0.2) is 52.2 Å². The molecule has 25 heavy (non-hydrogen) atoms. The van der Waals surface area contributed by atoms with Gasteiger partial charge in [0.2, 0.25) is 10.0 Å². The van der Waals surface area contributed by atoms with Crippen molar-refractivity contribution in [2.75, 3.05) is 6.54 Å². The van der Waals surface area contributed by atoms with Gasteiger partial charge in [0.15, 0.2) is 0 Å². The molecule has 0 radical (unpaired) electrons. The van der Waals surface area contributed by atoms with Gasteiger partial charge in [0.05, 0.1) is 15.9 Å². The van der Waals surface area contributed by atoms with Crippen molar-refractivity contribution in [2.45, 2.75) is 18.4 Å². The van der Waals surface area contributed by atoms with Gasteiger partial charge in [-0.15, -0.1) is 0 Å². The van der Waals surface area contributed by atoms with Crippen molar-refractivity contribution in [2.24, 2.45) is 7.05 Å². The molecule has 3 aromatic rings. The van der Waals surface area contributed by atoms with Crippen molar-refractivity contribution in [3.63, 3.8) is 0 Å². The molecule has 1 heterocycles. The Morgan fingerprint density at radius 3 is 2.48 bits per heavy atom. The van der Waals surface area contributed by atoms with Crippen LogP contribution >= 0.6 is 0 Å². The van der Waals surface area contributed by atoms with E-state index in [1.54, 1.807) is 7.05 Å². The number of benzene rings is 2. The van der Waals surface area contributed by atoms with E-state index in [0.717, 1.165) is 17.1 Å². The number of nitrogens with one attached hydrogen (secondary N) is 1. The lowest BCUT2D eigenvalue weighted by Gasteiger charge is -2.08. The topological polar surface area (TPSA) is 73.1 Å². The molecule has 0 fully saturated rings. The molecule has 0 saturated carbocycles. The number of nitrogens with zero attached hydrogens (tertiary/aromatic N) is 2. The van der Waals surface area contributed by atoms with Crippen LogP contribution in [0.2, 0.25) is 0 Å². The quantitative estimate of drug-likeness (QED) is 0.751. The number of hydrogen-bond acceptors (Lipinski definition) is 3. The number of fused-ring (bicyclic) bond motifs is 1. The molecule has 132 valence electrons. The van der Waals surface area contributed by atoms with E-state index in [-0.39, 0.29) is 29.2 Å². The average molecular weight is 363 g/mol. The molecular formula is C17H18FN3O3S. The minimum absolute atomic E-state index is 0.00309. The second-order valence-electron chi connectivity index (χ2n) is 5.79. The van der Waals surface area contributed by atoms with Crippen molar-refractivity contribution < 1.29 is 12.8 Å². The fourth-order valence-corrected chi connectivity index (χ4v) is 3.84. The van der Waals surface area contributed by atoms with Crippen LogP contribution in [0.5, 0.6) is 0 Å². The van der Waals surface area contributed by atoms with Crippen LogP contribution < -0.4 is 10.4 Å². The Morgan fingerprint density at radius 2 is 1.80 bits per heavy atom. The molecule has 0 aliphatic carbocycles. The Hall–Kier alpha value is -2.45. The number of imidazole rings is 1. The molecule has 6 nitrogen and oxygen atoms in total. The van der Waals surface area contributed by atoms with Crippen LogP contribution in [0.3, 0.4) is 0 Å². The van der Waals surface area contributed by atoms with Crippen LogP contribution in [-0.4, -0.2) is 24.1 Å². The summed E-state index contributed by atoms with van der Waals surface area (Å²) in [6.45, 7) is 1.75.